The van der Waals surface area contributed by atoms with Crippen LogP contribution in [-0.4, -0.2) is 73.3 Å². The number of thioether (sulfide) groups is 1. The van der Waals surface area contributed by atoms with Crippen LogP contribution in [0.4, 0.5) is 0 Å². The summed E-state index contributed by atoms with van der Waals surface area (Å²) in [6.45, 7) is 5.31. The normalized spacial score (nSPS) is 18.2. The van der Waals surface area contributed by atoms with Crippen molar-refractivity contribution in [1.29, 1.82) is 0 Å². The number of ether oxygens (including phenoxy) is 1. The Kier molecular flexibility index (Phi) is 9.29. The SMILES string of the molecule is Cc1ccc(C(CNC(=O)c2ccccc2SCC(=O)N(C)C2CCCCC2)N2CCOCC2)o1. The number of nitrogens with zero attached hydrogens (tertiary/aromatic N) is 2. The van der Waals surface area contributed by atoms with Crippen LogP contribution in [0.3, 0.4) is 0 Å². The summed E-state index contributed by atoms with van der Waals surface area (Å²) < 4.78 is 11.4. The minimum Gasteiger partial charge on any atom is -0.465 e. The summed E-state index contributed by atoms with van der Waals surface area (Å²) in [6.07, 6.45) is 5.83. The molecular weight excluding hydrogens is 462 g/mol. The van der Waals surface area contributed by atoms with E-state index in [1.165, 1.54) is 31.0 Å². The molecule has 0 spiro atoms. The Morgan fingerprint density at radius 1 is 1.11 bits per heavy atom. The number of nitrogens with one attached hydrogen (secondary N) is 1. The van der Waals surface area contributed by atoms with E-state index in [1.807, 2.05) is 55.3 Å². The summed E-state index contributed by atoms with van der Waals surface area (Å²) in [4.78, 5) is 31.1. The number of aryl methyl sites for hydroxylation is 1. The molecule has 8 heteroatoms. The first kappa shape index (κ1) is 25.8. The summed E-state index contributed by atoms with van der Waals surface area (Å²) >= 11 is 1.44. The van der Waals surface area contributed by atoms with Gasteiger partial charge in [-0.2, -0.15) is 0 Å². The molecule has 1 unspecified atom stereocenters. The van der Waals surface area contributed by atoms with E-state index < -0.39 is 0 Å². The molecule has 2 heterocycles. The number of morpholine rings is 1. The van der Waals surface area contributed by atoms with Gasteiger partial charge in [0, 0.05) is 37.6 Å². The first-order valence-electron chi connectivity index (χ1n) is 12.7. The average molecular weight is 500 g/mol. The first-order chi connectivity index (χ1) is 17.0. The molecule has 2 amide bonds. The van der Waals surface area contributed by atoms with Crippen LogP contribution in [0.2, 0.25) is 0 Å². The number of furan rings is 1. The highest BCUT2D eigenvalue weighted by molar-refractivity contribution is 8.00. The topological polar surface area (TPSA) is 75.0 Å². The van der Waals surface area contributed by atoms with E-state index in [9.17, 15) is 9.59 Å². The van der Waals surface area contributed by atoms with Crippen molar-refractivity contribution in [3.63, 3.8) is 0 Å². The summed E-state index contributed by atoms with van der Waals surface area (Å²) in [5.41, 5.74) is 0.599. The zero-order valence-electron chi connectivity index (χ0n) is 20.8. The molecule has 1 saturated carbocycles. The number of carbonyl (C=O) groups excluding carboxylic acids is 2. The Labute approximate surface area is 212 Å². The van der Waals surface area contributed by atoms with Gasteiger partial charge < -0.3 is 19.4 Å². The second kappa shape index (κ2) is 12.6. The van der Waals surface area contributed by atoms with Crippen LogP contribution >= 0.6 is 11.8 Å². The van der Waals surface area contributed by atoms with E-state index in [0.29, 0.717) is 37.1 Å². The van der Waals surface area contributed by atoms with Crippen molar-refractivity contribution in [1.82, 2.24) is 15.1 Å². The molecule has 4 rings (SSSR count). The van der Waals surface area contributed by atoms with Crippen molar-refractivity contribution in [3.8, 4) is 0 Å². The van der Waals surface area contributed by atoms with E-state index in [0.717, 1.165) is 42.3 Å². The van der Waals surface area contributed by atoms with Crippen LogP contribution in [-0.2, 0) is 9.53 Å². The third-order valence-corrected chi connectivity index (χ3v) is 8.09. The molecule has 1 atom stereocenters. The van der Waals surface area contributed by atoms with Crippen LogP contribution in [0, 0.1) is 6.92 Å². The fourth-order valence-corrected chi connectivity index (χ4v) is 5.88. The maximum absolute atomic E-state index is 13.2. The smallest absolute Gasteiger partial charge is 0.252 e. The summed E-state index contributed by atoms with van der Waals surface area (Å²) in [5, 5.41) is 3.12. The number of hydrogen-bond acceptors (Lipinski definition) is 6. The van der Waals surface area contributed by atoms with E-state index in [2.05, 4.69) is 10.2 Å². The van der Waals surface area contributed by atoms with Crippen molar-refractivity contribution in [2.45, 2.75) is 56.0 Å². The number of carbonyl (C=O) groups is 2. The zero-order valence-corrected chi connectivity index (χ0v) is 21.6. The van der Waals surface area contributed by atoms with Gasteiger partial charge in [-0.25, -0.2) is 0 Å². The zero-order chi connectivity index (χ0) is 24.6. The van der Waals surface area contributed by atoms with Gasteiger partial charge in [-0.3, -0.25) is 14.5 Å². The highest BCUT2D eigenvalue weighted by Gasteiger charge is 2.27. The van der Waals surface area contributed by atoms with Crippen molar-refractivity contribution in [3.05, 3.63) is 53.5 Å². The second-order valence-corrected chi connectivity index (χ2v) is 10.4. The van der Waals surface area contributed by atoms with Crippen LogP contribution < -0.4 is 5.32 Å². The number of rotatable bonds is 9. The molecule has 2 aliphatic rings. The monoisotopic (exact) mass is 499 g/mol. The van der Waals surface area contributed by atoms with Gasteiger partial charge in [-0.15, -0.1) is 11.8 Å². The third kappa shape index (κ3) is 6.90. The Hall–Kier alpha value is -2.29. The Balaban J connectivity index is 1.38. The van der Waals surface area contributed by atoms with Crippen molar-refractivity contribution < 1.29 is 18.7 Å². The van der Waals surface area contributed by atoms with Crippen LogP contribution in [0.5, 0.6) is 0 Å². The van der Waals surface area contributed by atoms with Gasteiger partial charge in [-0.1, -0.05) is 31.4 Å². The first-order valence-corrected chi connectivity index (χ1v) is 13.7. The molecule has 1 saturated heterocycles. The van der Waals surface area contributed by atoms with Crippen LogP contribution in [0.25, 0.3) is 0 Å². The van der Waals surface area contributed by atoms with Gasteiger partial charge >= 0.3 is 0 Å². The standard InChI is InChI=1S/C27H37N3O4S/c1-20-12-13-24(34-20)23(30-14-16-33-17-15-30)18-28-27(32)22-10-6-7-11-25(22)35-19-26(31)29(2)21-8-4-3-5-9-21/h6-7,10-13,21,23H,3-5,8-9,14-19H2,1-2H3,(H,28,32). The molecule has 2 aromatic rings. The molecule has 1 aliphatic carbocycles. The van der Waals surface area contributed by atoms with Crippen molar-refractivity contribution >= 4 is 23.6 Å². The summed E-state index contributed by atoms with van der Waals surface area (Å²) in [6, 6.07) is 11.8. The highest BCUT2D eigenvalue weighted by atomic mass is 32.2. The van der Waals surface area contributed by atoms with Gasteiger partial charge in [0.1, 0.15) is 11.5 Å². The summed E-state index contributed by atoms with van der Waals surface area (Å²) in [5.74, 6) is 2.03. The fraction of sp³-hybridized carbons (Fsp3) is 0.556. The molecule has 2 fully saturated rings. The van der Waals surface area contributed by atoms with Gasteiger partial charge in [0.05, 0.1) is 30.6 Å². The molecule has 1 aromatic heterocycles. The van der Waals surface area contributed by atoms with Crippen LogP contribution in [0.1, 0.15) is 60.0 Å². The van der Waals surface area contributed by atoms with E-state index in [4.69, 9.17) is 9.15 Å². The van der Waals surface area contributed by atoms with E-state index in [1.54, 1.807) is 0 Å². The van der Waals surface area contributed by atoms with Gasteiger partial charge in [0.25, 0.3) is 5.91 Å². The average Bonchev–Trinajstić information content (AvgIpc) is 3.33. The van der Waals surface area contributed by atoms with Crippen molar-refractivity contribution in [2.24, 2.45) is 0 Å². The molecule has 35 heavy (non-hydrogen) atoms. The van der Waals surface area contributed by atoms with Gasteiger partial charge in [-0.05, 0) is 44.0 Å². The molecule has 0 radical (unpaired) electrons. The number of benzene rings is 1. The Bertz CT molecular complexity index is 982. The lowest BCUT2D eigenvalue weighted by Crippen LogP contribution is -2.43. The third-order valence-electron chi connectivity index (χ3n) is 7.03. The van der Waals surface area contributed by atoms with Gasteiger partial charge in [0.2, 0.25) is 5.91 Å². The molecule has 0 bridgehead atoms. The second-order valence-electron chi connectivity index (χ2n) is 9.40. The Morgan fingerprint density at radius 2 is 1.86 bits per heavy atom. The quantitative estimate of drug-likeness (QED) is 0.519. The lowest BCUT2D eigenvalue weighted by Gasteiger charge is -2.33. The lowest BCUT2D eigenvalue weighted by atomic mass is 9.94. The predicted molar refractivity (Wildman–Crippen MR) is 138 cm³/mol. The summed E-state index contributed by atoms with van der Waals surface area (Å²) in [7, 11) is 1.92. The maximum atomic E-state index is 13.2. The largest absolute Gasteiger partial charge is 0.465 e. The van der Waals surface area contributed by atoms with Crippen molar-refractivity contribution in [2.75, 3.05) is 45.6 Å². The molecular formula is C27H37N3O4S. The maximum Gasteiger partial charge on any atom is 0.252 e. The van der Waals surface area contributed by atoms with E-state index >= 15 is 0 Å². The molecule has 1 aromatic carbocycles. The minimum atomic E-state index is -0.136. The molecule has 1 N–H and O–H groups in total. The number of amides is 2. The fourth-order valence-electron chi connectivity index (χ4n) is 4.91. The molecule has 190 valence electrons. The molecule has 1 aliphatic heterocycles. The molecule has 7 nitrogen and oxygen atoms in total. The van der Waals surface area contributed by atoms with E-state index in [-0.39, 0.29) is 17.9 Å². The van der Waals surface area contributed by atoms with Gasteiger partial charge in [0.15, 0.2) is 0 Å². The predicted octanol–water partition coefficient (Wildman–Crippen LogP) is 4.27. The van der Waals surface area contributed by atoms with Crippen LogP contribution in [0.15, 0.2) is 45.7 Å². The Morgan fingerprint density at radius 3 is 2.57 bits per heavy atom. The number of hydrogen-bond donors (Lipinski definition) is 1. The minimum absolute atomic E-state index is 0.0536. The lowest BCUT2D eigenvalue weighted by molar-refractivity contribution is -0.129. The highest BCUT2D eigenvalue weighted by Crippen LogP contribution is 2.27.